The smallest absolute Gasteiger partial charge is 0.337 e. The van der Waals surface area contributed by atoms with Crippen molar-refractivity contribution < 1.29 is 28.1 Å². The van der Waals surface area contributed by atoms with Crippen molar-refractivity contribution in [2.75, 3.05) is 20.3 Å². The van der Waals surface area contributed by atoms with Crippen molar-refractivity contribution in [1.82, 2.24) is 4.57 Å². The molecule has 8 nitrogen and oxygen atoms in total. The third-order valence-corrected chi connectivity index (χ3v) is 7.50. The summed E-state index contributed by atoms with van der Waals surface area (Å²) < 4.78 is 37.4. The first-order chi connectivity index (χ1) is 20.4. The van der Waals surface area contributed by atoms with E-state index in [1.54, 1.807) is 42.5 Å². The maximum Gasteiger partial charge on any atom is 0.337 e. The van der Waals surface area contributed by atoms with E-state index < -0.39 is 12.0 Å². The van der Waals surface area contributed by atoms with Crippen molar-refractivity contribution in [3.05, 3.63) is 121 Å². The molecule has 0 saturated carbocycles. The molecule has 1 aromatic heterocycles. The first-order valence-electron chi connectivity index (χ1n) is 13.4. The van der Waals surface area contributed by atoms with Crippen LogP contribution in [0.1, 0.15) is 36.6 Å². The number of fused-ring (bicyclic) bond motifs is 1. The summed E-state index contributed by atoms with van der Waals surface area (Å²) in [5.41, 5.74) is 2.23. The Morgan fingerprint density at radius 2 is 1.69 bits per heavy atom. The van der Waals surface area contributed by atoms with Crippen LogP contribution in [0.5, 0.6) is 17.2 Å². The number of benzene rings is 3. The fraction of sp³-hybridized carbons (Fsp3) is 0.219. The van der Waals surface area contributed by atoms with Crippen molar-refractivity contribution in [3.8, 4) is 17.2 Å². The molecule has 42 heavy (non-hydrogen) atoms. The Morgan fingerprint density at radius 1 is 0.976 bits per heavy atom. The summed E-state index contributed by atoms with van der Waals surface area (Å²) >= 11 is 1.23. The Kier molecular flexibility index (Phi) is 8.83. The molecular weight excluding hydrogens is 559 g/mol. The van der Waals surface area contributed by atoms with Gasteiger partial charge in [-0.1, -0.05) is 41.7 Å². The lowest BCUT2D eigenvalue weighted by molar-refractivity contribution is -0.136. The summed E-state index contributed by atoms with van der Waals surface area (Å²) in [6.45, 7) is 4.94. The molecule has 0 amide bonds. The van der Waals surface area contributed by atoms with E-state index in [1.165, 1.54) is 41.3 Å². The predicted molar refractivity (Wildman–Crippen MR) is 157 cm³/mol. The fourth-order valence-corrected chi connectivity index (χ4v) is 5.52. The number of halogens is 1. The van der Waals surface area contributed by atoms with Gasteiger partial charge in [-0.05, 0) is 73.0 Å². The van der Waals surface area contributed by atoms with Crippen LogP contribution >= 0.6 is 11.3 Å². The number of aromatic nitrogens is 1. The lowest BCUT2D eigenvalue weighted by atomic mass is 9.97. The van der Waals surface area contributed by atoms with Crippen LogP contribution < -0.4 is 29.1 Å². The van der Waals surface area contributed by atoms with Gasteiger partial charge in [-0.3, -0.25) is 9.36 Å². The van der Waals surface area contributed by atoms with E-state index in [1.807, 2.05) is 32.0 Å². The molecule has 216 valence electrons. The van der Waals surface area contributed by atoms with Crippen LogP contribution in [-0.4, -0.2) is 30.9 Å². The zero-order chi connectivity index (χ0) is 29.6. The highest BCUT2D eigenvalue weighted by Crippen LogP contribution is 2.35. The third-order valence-electron chi connectivity index (χ3n) is 6.50. The Morgan fingerprint density at radius 3 is 2.38 bits per heavy atom. The van der Waals surface area contributed by atoms with Gasteiger partial charge in [0.05, 0.1) is 36.5 Å². The minimum Gasteiger partial charge on any atom is -0.490 e. The molecule has 0 radical (unpaired) electrons. The van der Waals surface area contributed by atoms with Crippen molar-refractivity contribution in [1.29, 1.82) is 0 Å². The summed E-state index contributed by atoms with van der Waals surface area (Å²) in [5.74, 6) is 0.851. The molecule has 5 rings (SSSR count). The molecular formula is C32H29FN2O6S. The Labute approximate surface area is 245 Å². The van der Waals surface area contributed by atoms with Crippen LogP contribution in [-0.2, 0) is 16.1 Å². The molecule has 0 spiro atoms. The average Bonchev–Trinajstić information content (AvgIpc) is 3.32. The molecule has 1 aliphatic rings. The quantitative estimate of drug-likeness (QED) is 0.253. The topological polar surface area (TPSA) is 88.4 Å². The van der Waals surface area contributed by atoms with Gasteiger partial charge < -0.3 is 18.9 Å². The lowest BCUT2D eigenvalue weighted by Crippen LogP contribution is -2.39. The van der Waals surface area contributed by atoms with E-state index >= 15 is 0 Å². The summed E-state index contributed by atoms with van der Waals surface area (Å²) in [4.78, 5) is 31.4. The summed E-state index contributed by atoms with van der Waals surface area (Å²) in [7, 11) is 1.29. The summed E-state index contributed by atoms with van der Waals surface area (Å²) in [6.07, 6.45) is 3.23. The second-order valence-electron chi connectivity index (χ2n) is 9.23. The number of esters is 1. The number of hydrogen-bond donors (Lipinski definition) is 0. The van der Waals surface area contributed by atoms with Gasteiger partial charge in [0.2, 0.25) is 0 Å². The maximum atomic E-state index is 13.8. The van der Waals surface area contributed by atoms with E-state index in [-0.39, 0.29) is 16.9 Å². The number of rotatable bonds is 10. The van der Waals surface area contributed by atoms with Gasteiger partial charge in [0.25, 0.3) is 5.56 Å². The van der Waals surface area contributed by atoms with Gasteiger partial charge in [-0.25, -0.2) is 14.2 Å². The van der Waals surface area contributed by atoms with Crippen LogP contribution in [0.15, 0.2) is 88.3 Å². The Balaban J connectivity index is 1.48. The van der Waals surface area contributed by atoms with Crippen LogP contribution in [0, 0.1) is 5.82 Å². The minimum absolute atomic E-state index is 0.228. The highest BCUT2D eigenvalue weighted by Gasteiger charge is 2.31. The fourth-order valence-electron chi connectivity index (χ4n) is 4.55. The van der Waals surface area contributed by atoms with E-state index in [0.717, 1.165) is 11.1 Å². The van der Waals surface area contributed by atoms with E-state index in [2.05, 4.69) is 4.99 Å². The lowest BCUT2D eigenvalue weighted by Gasteiger charge is -2.23. The van der Waals surface area contributed by atoms with Crippen LogP contribution in [0.3, 0.4) is 0 Å². The second kappa shape index (κ2) is 12.9. The molecule has 10 heteroatoms. The number of carbonyl (C=O) groups excluding carboxylic acids is 1. The largest absolute Gasteiger partial charge is 0.490 e. The number of thiazole rings is 1. The predicted octanol–water partition coefficient (Wildman–Crippen LogP) is 4.53. The minimum atomic E-state index is -0.770. The SMILES string of the molecule is CCOc1ccc([C@H]2C(C(=O)OC)=CN=c3s/c(=C\c4ccc(OCc5ccc(F)cc5)cc4)c(=O)n32)cc1OCC. The highest BCUT2D eigenvalue weighted by molar-refractivity contribution is 7.07. The number of carbonyl (C=O) groups is 1. The van der Waals surface area contributed by atoms with Crippen LogP contribution in [0.4, 0.5) is 4.39 Å². The third kappa shape index (κ3) is 6.13. The van der Waals surface area contributed by atoms with Crippen molar-refractivity contribution >= 4 is 23.4 Å². The Hall–Kier alpha value is -4.70. The average molecular weight is 589 g/mol. The van der Waals surface area contributed by atoms with Gasteiger partial charge in [-0.2, -0.15) is 0 Å². The zero-order valence-corrected chi connectivity index (χ0v) is 24.2. The molecule has 3 aromatic carbocycles. The maximum absolute atomic E-state index is 13.8. The normalized spacial score (nSPS) is 14.4. The van der Waals surface area contributed by atoms with Crippen LogP contribution in [0.25, 0.3) is 6.08 Å². The van der Waals surface area contributed by atoms with E-state index in [4.69, 9.17) is 18.9 Å². The molecule has 4 aromatic rings. The summed E-state index contributed by atoms with van der Waals surface area (Å²) in [5, 5.41) is 0. The molecule has 0 bridgehead atoms. The summed E-state index contributed by atoms with van der Waals surface area (Å²) in [6, 6.07) is 18.0. The molecule has 1 aliphatic heterocycles. The number of hydrogen-bond acceptors (Lipinski definition) is 8. The monoisotopic (exact) mass is 588 g/mol. The molecule has 0 aliphatic carbocycles. The van der Waals surface area contributed by atoms with Gasteiger partial charge >= 0.3 is 5.97 Å². The second-order valence-corrected chi connectivity index (χ2v) is 10.2. The number of nitrogens with zero attached hydrogens (tertiary/aromatic N) is 2. The van der Waals surface area contributed by atoms with Crippen molar-refractivity contribution in [2.45, 2.75) is 26.5 Å². The van der Waals surface area contributed by atoms with Gasteiger partial charge in [-0.15, -0.1) is 0 Å². The van der Waals surface area contributed by atoms with E-state index in [9.17, 15) is 14.0 Å². The van der Waals surface area contributed by atoms with E-state index in [0.29, 0.717) is 52.0 Å². The molecule has 0 saturated heterocycles. The molecule has 0 unspecified atom stereocenters. The van der Waals surface area contributed by atoms with Crippen molar-refractivity contribution in [2.24, 2.45) is 4.99 Å². The van der Waals surface area contributed by atoms with Gasteiger partial charge in [0.1, 0.15) is 18.2 Å². The highest BCUT2D eigenvalue weighted by atomic mass is 32.1. The zero-order valence-electron chi connectivity index (χ0n) is 23.3. The molecule has 2 heterocycles. The van der Waals surface area contributed by atoms with Crippen molar-refractivity contribution in [3.63, 3.8) is 0 Å². The molecule has 1 atom stereocenters. The van der Waals surface area contributed by atoms with Gasteiger partial charge in [0.15, 0.2) is 16.3 Å². The Bertz CT molecular complexity index is 1790. The molecule has 0 N–H and O–H groups in total. The number of ether oxygens (including phenoxy) is 4. The standard InChI is InChI=1S/C32H29FN2O6S/c1-4-39-26-15-10-22(17-27(26)40-5-2)29-25(31(37)38-3)18-34-32-35(29)30(36)28(42-32)16-20-8-13-24(14-9-20)41-19-21-6-11-23(33)12-7-21/h6-18,29H,4-5,19H2,1-3H3/b28-16-/t29-/m0/s1. The molecule has 0 fully saturated rings. The number of methoxy groups -OCH3 is 1. The first-order valence-corrected chi connectivity index (χ1v) is 14.2. The van der Waals surface area contributed by atoms with Crippen LogP contribution in [0.2, 0.25) is 0 Å². The first kappa shape index (κ1) is 28.8. The van der Waals surface area contributed by atoms with Gasteiger partial charge in [0, 0.05) is 6.20 Å².